The summed E-state index contributed by atoms with van der Waals surface area (Å²) in [5, 5.41) is 2.79. The molecule has 1 aromatic carbocycles. The Balaban J connectivity index is 2.32. The lowest BCUT2D eigenvalue weighted by Gasteiger charge is -2.37. The van der Waals surface area contributed by atoms with Gasteiger partial charge in [0.2, 0.25) is 5.79 Å². The summed E-state index contributed by atoms with van der Waals surface area (Å²) in [6.07, 6.45) is -0.485. The highest BCUT2D eigenvalue weighted by Crippen LogP contribution is 2.38. The Morgan fingerprint density at radius 2 is 1.68 bits per heavy atom. The van der Waals surface area contributed by atoms with Crippen LogP contribution in [0.4, 0.5) is 4.79 Å². The quantitative estimate of drug-likeness (QED) is 0.796. The van der Waals surface area contributed by atoms with Gasteiger partial charge in [0.1, 0.15) is 5.60 Å². The average Bonchev–Trinajstić information content (AvgIpc) is 2.60. The molecule has 1 aliphatic rings. The first-order chi connectivity index (χ1) is 13.0. The predicted octanol–water partition coefficient (Wildman–Crippen LogP) is 3.47. The van der Waals surface area contributed by atoms with Gasteiger partial charge in [-0.2, -0.15) is 0 Å². The number of hydrogen-bond acceptors (Lipinski definition) is 6. The Morgan fingerprint density at radius 1 is 1.14 bits per heavy atom. The third kappa shape index (κ3) is 5.74. The van der Waals surface area contributed by atoms with Gasteiger partial charge in [-0.15, -0.1) is 0 Å². The first kappa shape index (κ1) is 21.3. The van der Waals surface area contributed by atoms with Crippen molar-refractivity contribution in [3.8, 4) is 0 Å². The Hall–Kier alpha value is -3.01. The highest BCUT2D eigenvalue weighted by atomic mass is 16.7. The number of hydrogen-bond donors (Lipinski definition) is 1. The van der Waals surface area contributed by atoms with E-state index in [0.29, 0.717) is 0 Å². The molecule has 1 heterocycles. The molecule has 1 aliphatic heterocycles. The number of benzene rings is 1. The highest BCUT2D eigenvalue weighted by Gasteiger charge is 2.41. The van der Waals surface area contributed by atoms with Crippen molar-refractivity contribution < 1.29 is 28.6 Å². The van der Waals surface area contributed by atoms with Crippen LogP contribution in [0.15, 0.2) is 41.9 Å². The number of rotatable bonds is 4. The zero-order valence-electron chi connectivity index (χ0n) is 16.7. The molecule has 2 rings (SSSR count). The summed E-state index contributed by atoms with van der Waals surface area (Å²) in [6, 6.07) is 8.57. The van der Waals surface area contributed by atoms with E-state index >= 15 is 0 Å². The second-order valence-electron chi connectivity index (χ2n) is 7.93. The normalized spacial score (nSPS) is 19.4. The minimum atomic E-state index is -1.18. The number of carbonyl (C=O) groups excluding carboxylic acids is 3. The van der Waals surface area contributed by atoms with Gasteiger partial charge in [-0.25, -0.2) is 14.4 Å². The molecule has 0 aliphatic carbocycles. The van der Waals surface area contributed by atoms with E-state index in [4.69, 9.17) is 14.2 Å². The smallest absolute Gasteiger partial charge is 0.408 e. The molecule has 1 saturated heterocycles. The van der Waals surface area contributed by atoms with Crippen LogP contribution in [-0.4, -0.2) is 29.4 Å². The van der Waals surface area contributed by atoms with Crippen LogP contribution in [-0.2, 0) is 23.8 Å². The van der Waals surface area contributed by atoms with Gasteiger partial charge in [0.25, 0.3) is 0 Å². The SMILES string of the molecule is CC(C)(C)OC(=O)NC(CC1C(=C=O)OC(C)(C)OC1=C=O)c1ccccc1. The lowest BCUT2D eigenvalue weighted by Crippen LogP contribution is -2.40. The van der Waals surface area contributed by atoms with E-state index < -0.39 is 29.4 Å². The van der Waals surface area contributed by atoms with Gasteiger partial charge in [-0.1, -0.05) is 30.3 Å². The molecular weight excluding hydrogens is 362 g/mol. The molecule has 0 spiro atoms. The van der Waals surface area contributed by atoms with E-state index in [2.05, 4.69) is 5.32 Å². The average molecular weight is 387 g/mol. The second kappa shape index (κ2) is 8.34. The highest BCUT2D eigenvalue weighted by molar-refractivity contribution is 5.68. The Morgan fingerprint density at radius 3 is 2.14 bits per heavy atom. The first-order valence-corrected chi connectivity index (χ1v) is 8.97. The van der Waals surface area contributed by atoms with Crippen LogP contribution in [0.25, 0.3) is 0 Å². The van der Waals surface area contributed by atoms with Gasteiger partial charge in [-0.3, -0.25) is 0 Å². The molecule has 28 heavy (non-hydrogen) atoms. The van der Waals surface area contributed by atoms with Crippen molar-refractivity contribution in [3.63, 3.8) is 0 Å². The lowest BCUT2D eigenvalue weighted by atomic mass is 9.91. The maximum atomic E-state index is 12.3. The monoisotopic (exact) mass is 387 g/mol. The lowest BCUT2D eigenvalue weighted by molar-refractivity contribution is -0.198. The fourth-order valence-corrected chi connectivity index (χ4v) is 2.86. The van der Waals surface area contributed by atoms with Crippen LogP contribution >= 0.6 is 0 Å². The van der Waals surface area contributed by atoms with Gasteiger partial charge in [0.05, 0.1) is 12.0 Å². The van der Waals surface area contributed by atoms with Crippen molar-refractivity contribution in [3.05, 3.63) is 47.4 Å². The molecule has 7 heteroatoms. The van der Waals surface area contributed by atoms with E-state index in [1.165, 1.54) is 0 Å². The minimum Gasteiger partial charge on any atom is -0.445 e. The minimum absolute atomic E-state index is 0.0680. The molecule has 0 aromatic heterocycles. The number of carbonyl (C=O) groups is 1. The summed E-state index contributed by atoms with van der Waals surface area (Å²) in [5.74, 6) is 1.34. The first-order valence-electron chi connectivity index (χ1n) is 8.97. The van der Waals surface area contributed by atoms with E-state index in [-0.39, 0.29) is 17.9 Å². The number of nitrogens with one attached hydrogen (secondary N) is 1. The molecule has 150 valence electrons. The summed E-state index contributed by atoms with van der Waals surface area (Å²) in [4.78, 5) is 35.2. The van der Waals surface area contributed by atoms with Crippen molar-refractivity contribution in [2.24, 2.45) is 5.92 Å². The molecule has 0 radical (unpaired) electrons. The molecule has 1 aromatic rings. The maximum absolute atomic E-state index is 12.3. The standard InChI is InChI=1S/C21H25NO6/c1-20(2,3)28-19(25)22-16(14-9-7-6-8-10-14)11-15-17(12-23)26-21(4,5)27-18(15)13-24/h6-10,15-16H,11H2,1-5H3,(H,22,25). The van der Waals surface area contributed by atoms with E-state index in [9.17, 15) is 14.4 Å². The van der Waals surface area contributed by atoms with Crippen LogP contribution in [0.3, 0.4) is 0 Å². The van der Waals surface area contributed by atoms with Crippen LogP contribution in [0, 0.1) is 5.92 Å². The van der Waals surface area contributed by atoms with Crippen LogP contribution in [0.1, 0.15) is 52.6 Å². The van der Waals surface area contributed by atoms with Gasteiger partial charge < -0.3 is 19.5 Å². The van der Waals surface area contributed by atoms with Crippen molar-refractivity contribution in [1.82, 2.24) is 5.32 Å². The third-order valence-corrected chi connectivity index (χ3v) is 3.91. The summed E-state index contributed by atoms with van der Waals surface area (Å²) in [7, 11) is 0. The fraction of sp³-hybridized carbons (Fsp3) is 0.476. The van der Waals surface area contributed by atoms with Crippen molar-refractivity contribution >= 4 is 18.0 Å². The number of alkyl carbamates (subject to hydrolysis) is 1. The maximum Gasteiger partial charge on any atom is 0.408 e. The molecule has 1 N–H and O–H groups in total. The fourth-order valence-electron chi connectivity index (χ4n) is 2.86. The summed E-state index contributed by atoms with van der Waals surface area (Å²) < 4.78 is 16.4. The van der Waals surface area contributed by atoms with Crippen molar-refractivity contribution in [2.75, 3.05) is 0 Å². The molecule has 0 saturated carbocycles. The van der Waals surface area contributed by atoms with Gasteiger partial charge in [0.15, 0.2) is 23.4 Å². The number of amides is 1. The third-order valence-electron chi connectivity index (χ3n) is 3.91. The molecule has 1 atom stereocenters. The summed E-state index contributed by atoms with van der Waals surface area (Å²) in [6.45, 7) is 8.43. The van der Waals surface area contributed by atoms with Crippen LogP contribution in [0.2, 0.25) is 0 Å². The molecule has 1 fully saturated rings. The Kier molecular flexibility index (Phi) is 6.34. The topological polar surface area (TPSA) is 90.9 Å². The number of ether oxygens (including phenoxy) is 3. The van der Waals surface area contributed by atoms with Gasteiger partial charge in [-0.05, 0) is 32.8 Å². The molecule has 1 amide bonds. The van der Waals surface area contributed by atoms with E-state index in [1.54, 1.807) is 46.5 Å². The zero-order valence-corrected chi connectivity index (χ0v) is 16.7. The van der Waals surface area contributed by atoms with Crippen molar-refractivity contribution in [1.29, 1.82) is 0 Å². The van der Waals surface area contributed by atoms with Gasteiger partial charge >= 0.3 is 6.09 Å². The summed E-state index contributed by atoms with van der Waals surface area (Å²) >= 11 is 0. The van der Waals surface area contributed by atoms with Crippen LogP contribution < -0.4 is 5.32 Å². The second-order valence-corrected chi connectivity index (χ2v) is 7.93. The largest absolute Gasteiger partial charge is 0.445 e. The Bertz CT molecular complexity index is 781. The summed E-state index contributed by atoms with van der Waals surface area (Å²) in [5.41, 5.74) is 0.0994. The van der Waals surface area contributed by atoms with Crippen molar-refractivity contribution in [2.45, 2.75) is 58.5 Å². The van der Waals surface area contributed by atoms with E-state index in [0.717, 1.165) is 5.56 Å². The molecular formula is C21H25NO6. The molecule has 1 unspecified atom stereocenters. The molecule has 7 nitrogen and oxygen atoms in total. The van der Waals surface area contributed by atoms with Crippen LogP contribution in [0.5, 0.6) is 0 Å². The predicted molar refractivity (Wildman–Crippen MR) is 101 cm³/mol. The zero-order chi connectivity index (χ0) is 20.9. The Labute approximate surface area is 164 Å². The molecule has 0 bridgehead atoms. The van der Waals surface area contributed by atoms with Gasteiger partial charge in [0, 0.05) is 13.8 Å². The van der Waals surface area contributed by atoms with E-state index in [1.807, 2.05) is 30.3 Å².